The first-order chi connectivity index (χ1) is 6.07. The Morgan fingerprint density at radius 1 is 1.54 bits per heavy atom. The van der Waals surface area contributed by atoms with Crippen LogP contribution in [0.25, 0.3) is 0 Å². The molecule has 0 bridgehead atoms. The van der Waals surface area contributed by atoms with Crippen molar-refractivity contribution in [2.24, 2.45) is 0 Å². The Morgan fingerprint density at radius 3 is 2.62 bits per heavy atom. The Labute approximate surface area is 77.1 Å². The molecule has 13 heavy (non-hydrogen) atoms. The fraction of sp³-hybridized carbons (Fsp3) is 0.750. The molecule has 0 aliphatic rings. The molecule has 0 radical (unpaired) electrons. The molecule has 0 fully saturated rings. The number of ether oxygens (including phenoxy) is 1. The van der Waals surface area contributed by atoms with E-state index in [0.717, 1.165) is 0 Å². The Balaban J connectivity index is 3.56. The number of methoxy groups -OCH3 is 1. The molecular formula is C8H15NO4. The highest BCUT2D eigenvalue weighted by Gasteiger charge is 2.12. The lowest BCUT2D eigenvalue weighted by molar-refractivity contribution is -0.141. The van der Waals surface area contributed by atoms with Crippen LogP contribution >= 0.6 is 0 Å². The minimum atomic E-state index is -1.03. The quantitative estimate of drug-likeness (QED) is 0.577. The van der Waals surface area contributed by atoms with Gasteiger partial charge in [-0.3, -0.25) is 9.59 Å². The van der Waals surface area contributed by atoms with Crippen LogP contribution in [0, 0.1) is 0 Å². The molecule has 0 spiro atoms. The van der Waals surface area contributed by atoms with Gasteiger partial charge in [-0.1, -0.05) is 0 Å². The summed E-state index contributed by atoms with van der Waals surface area (Å²) in [6.07, 6.45) is 0.903. The predicted octanol–water partition coefficient (Wildman–Crippen LogP) is 0.00230. The van der Waals surface area contributed by atoms with Crippen molar-refractivity contribution in [3.63, 3.8) is 0 Å². The molecule has 0 saturated heterocycles. The molecule has 0 aliphatic heterocycles. The lowest BCUT2D eigenvalue weighted by atomic mass is 10.2. The molecule has 0 aliphatic carbocycles. The molecule has 0 heterocycles. The highest BCUT2D eigenvalue weighted by molar-refractivity contribution is 5.83. The summed E-state index contributed by atoms with van der Waals surface area (Å²) in [5, 5.41) is 10.8. The maximum absolute atomic E-state index is 11.0. The summed E-state index contributed by atoms with van der Waals surface area (Å²) < 4.78 is 4.75. The van der Waals surface area contributed by atoms with Gasteiger partial charge in [0.15, 0.2) is 0 Å². The molecule has 0 saturated carbocycles. The van der Waals surface area contributed by atoms with Gasteiger partial charge in [-0.05, 0) is 13.3 Å². The van der Waals surface area contributed by atoms with E-state index in [1.165, 1.54) is 6.92 Å². The molecule has 0 unspecified atom stereocenters. The molecule has 1 amide bonds. The van der Waals surface area contributed by atoms with E-state index in [1.54, 1.807) is 7.11 Å². The van der Waals surface area contributed by atoms with Gasteiger partial charge >= 0.3 is 5.97 Å². The van der Waals surface area contributed by atoms with Gasteiger partial charge in [-0.2, -0.15) is 0 Å². The van der Waals surface area contributed by atoms with Crippen LogP contribution in [0.3, 0.4) is 0 Å². The van der Waals surface area contributed by atoms with Crippen LogP contribution in [0.15, 0.2) is 0 Å². The van der Waals surface area contributed by atoms with Gasteiger partial charge < -0.3 is 15.2 Å². The van der Waals surface area contributed by atoms with E-state index in [-0.39, 0.29) is 5.91 Å². The zero-order valence-electron chi connectivity index (χ0n) is 7.87. The third-order valence-electron chi connectivity index (χ3n) is 1.50. The summed E-state index contributed by atoms with van der Waals surface area (Å²) >= 11 is 0. The van der Waals surface area contributed by atoms with Crippen molar-refractivity contribution in [3.05, 3.63) is 0 Å². The topological polar surface area (TPSA) is 75.6 Å². The van der Waals surface area contributed by atoms with Crippen molar-refractivity contribution in [3.8, 4) is 0 Å². The van der Waals surface area contributed by atoms with Gasteiger partial charge in [0.05, 0.1) is 0 Å². The number of aliphatic carboxylic acids is 1. The second-order valence-corrected chi connectivity index (χ2v) is 2.72. The summed E-state index contributed by atoms with van der Waals surface area (Å²) in [6, 6.07) is -0.824. The number of rotatable bonds is 6. The van der Waals surface area contributed by atoms with Gasteiger partial charge in [0.1, 0.15) is 6.04 Å². The molecule has 2 N–H and O–H groups in total. The zero-order chi connectivity index (χ0) is 10.3. The fourth-order valence-corrected chi connectivity index (χ4v) is 0.752. The maximum Gasteiger partial charge on any atom is 0.325 e. The summed E-state index contributed by atoms with van der Waals surface area (Å²) in [5.74, 6) is -1.29. The lowest BCUT2D eigenvalue weighted by Gasteiger charge is -2.08. The SMILES string of the molecule is COCCCC(=O)N[C@H](C)C(=O)O. The Kier molecular flexibility index (Phi) is 5.88. The molecule has 0 rings (SSSR count). The number of amides is 1. The van der Waals surface area contributed by atoms with E-state index in [0.29, 0.717) is 19.4 Å². The summed E-state index contributed by atoms with van der Waals surface area (Å²) in [7, 11) is 1.55. The standard InChI is InChI=1S/C8H15NO4/c1-6(8(11)12)9-7(10)4-3-5-13-2/h6H,3-5H2,1-2H3,(H,9,10)(H,11,12)/t6-/m1/s1. The first-order valence-electron chi connectivity index (χ1n) is 4.09. The molecule has 5 nitrogen and oxygen atoms in total. The van der Waals surface area contributed by atoms with Crippen LogP contribution < -0.4 is 5.32 Å². The molecule has 5 heteroatoms. The van der Waals surface area contributed by atoms with E-state index in [1.807, 2.05) is 0 Å². The van der Waals surface area contributed by atoms with Crippen molar-refractivity contribution in [2.45, 2.75) is 25.8 Å². The van der Waals surface area contributed by atoms with Crippen LogP contribution in [-0.2, 0) is 14.3 Å². The Morgan fingerprint density at radius 2 is 2.15 bits per heavy atom. The van der Waals surface area contributed by atoms with E-state index >= 15 is 0 Å². The summed E-state index contributed by atoms with van der Waals surface area (Å²) in [6.45, 7) is 1.94. The van der Waals surface area contributed by atoms with Crippen LogP contribution in [0.5, 0.6) is 0 Å². The highest BCUT2D eigenvalue weighted by atomic mass is 16.5. The highest BCUT2D eigenvalue weighted by Crippen LogP contribution is 1.91. The molecule has 0 aromatic carbocycles. The summed E-state index contributed by atoms with van der Waals surface area (Å²) in [4.78, 5) is 21.3. The monoisotopic (exact) mass is 189 g/mol. The molecule has 1 atom stereocenters. The van der Waals surface area contributed by atoms with E-state index in [2.05, 4.69) is 5.32 Å². The average Bonchev–Trinajstić information content (AvgIpc) is 2.04. The fourth-order valence-electron chi connectivity index (χ4n) is 0.752. The van der Waals surface area contributed by atoms with Crippen molar-refractivity contribution in [1.29, 1.82) is 0 Å². The Bertz CT molecular complexity index is 181. The molecule has 0 aromatic heterocycles. The minimum Gasteiger partial charge on any atom is -0.480 e. The van der Waals surface area contributed by atoms with Gasteiger partial charge in [-0.25, -0.2) is 0 Å². The first-order valence-corrected chi connectivity index (χ1v) is 4.09. The lowest BCUT2D eigenvalue weighted by Crippen LogP contribution is -2.38. The Hall–Kier alpha value is -1.10. The van der Waals surface area contributed by atoms with E-state index < -0.39 is 12.0 Å². The number of nitrogens with one attached hydrogen (secondary N) is 1. The largest absolute Gasteiger partial charge is 0.480 e. The molecular weight excluding hydrogens is 174 g/mol. The number of hydrogen-bond donors (Lipinski definition) is 2. The van der Waals surface area contributed by atoms with Crippen molar-refractivity contribution in [1.82, 2.24) is 5.32 Å². The molecule has 76 valence electrons. The van der Waals surface area contributed by atoms with Gasteiger partial charge in [0, 0.05) is 20.1 Å². The van der Waals surface area contributed by atoms with Crippen LogP contribution in [-0.4, -0.2) is 36.7 Å². The van der Waals surface area contributed by atoms with Crippen molar-refractivity contribution >= 4 is 11.9 Å². The maximum atomic E-state index is 11.0. The van der Waals surface area contributed by atoms with Gasteiger partial charge in [0.2, 0.25) is 5.91 Å². The van der Waals surface area contributed by atoms with E-state index in [9.17, 15) is 9.59 Å². The second kappa shape index (κ2) is 6.42. The van der Waals surface area contributed by atoms with Crippen LogP contribution in [0.4, 0.5) is 0 Å². The zero-order valence-corrected chi connectivity index (χ0v) is 7.87. The minimum absolute atomic E-state index is 0.257. The van der Waals surface area contributed by atoms with E-state index in [4.69, 9.17) is 9.84 Å². The van der Waals surface area contributed by atoms with Gasteiger partial charge in [-0.15, -0.1) is 0 Å². The second-order valence-electron chi connectivity index (χ2n) is 2.72. The van der Waals surface area contributed by atoms with Crippen LogP contribution in [0.1, 0.15) is 19.8 Å². The number of hydrogen-bond acceptors (Lipinski definition) is 3. The third kappa shape index (κ3) is 6.10. The number of carbonyl (C=O) groups is 2. The number of carbonyl (C=O) groups excluding carboxylic acids is 1. The smallest absolute Gasteiger partial charge is 0.325 e. The predicted molar refractivity (Wildman–Crippen MR) is 46.4 cm³/mol. The average molecular weight is 189 g/mol. The normalized spacial score (nSPS) is 12.2. The van der Waals surface area contributed by atoms with Crippen LogP contribution in [0.2, 0.25) is 0 Å². The summed E-state index contributed by atoms with van der Waals surface area (Å²) in [5.41, 5.74) is 0. The molecule has 0 aromatic rings. The van der Waals surface area contributed by atoms with Crippen molar-refractivity contribution < 1.29 is 19.4 Å². The van der Waals surface area contributed by atoms with Gasteiger partial charge in [0.25, 0.3) is 0 Å². The van der Waals surface area contributed by atoms with Crippen molar-refractivity contribution in [2.75, 3.05) is 13.7 Å². The first kappa shape index (κ1) is 11.9. The third-order valence-corrected chi connectivity index (χ3v) is 1.50. The number of carboxylic acids is 1. The number of carboxylic acid groups (broad SMARTS) is 1.